The molecule has 2 aromatic rings. The van der Waals surface area contributed by atoms with Gasteiger partial charge in [0.15, 0.2) is 0 Å². The molecule has 0 aromatic heterocycles. The van der Waals surface area contributed by atoms with Gasteiger partial charge in [0.1, 0.15) is 5.82 Å². The topological polar surface area (TPSA) is 0 Å². The first-order valence-electron chi connectivity index (χ1n) is 6.52. The monoisotopic (exact) mass is 240 g/mol. The van der Waals surface area contributed by atoms with E-state index in [1.54, 1.807) is 6.07 Å². The van der Waals surface area contributed by atoms with Crippen LogP contribution in [-0.4, -0.2) is 0 Å². The summed E-state index contributed by atoms with van der Waals surface area (Å²) in [5.41, 5.74) is 5.49. The Balaban J connectivity index is 2.05. The van der Waals surface area contributed by atoms with Gasteiger partial charge in [0.05, 0.1) is 0 Å². The molecule has 0 aliphatic heterocycles. The zero-order valence-electron chi connectivity index (χ0n) is 10.8. The fourth-order valence-corrected chi connectivity index (χ4v) is 2.86. The molecule has 3 rings (SSSR count). The third-order valence-electron chi connectivity index (χ3n) is 3.78. The minimum atomic E-state index is -0.124. The van der Waals surface area contributed by atoms with Gasteiger partial charge in [-0.3, -0.25) is 0 Å². The molecule has 0 heterocycles. The van der Waals surface area contributed by atoms with Crippen LogP contribution in [0.2, 0.25) is 0 Å². The van der Waals surface area contributed by atoms with Crippen LogP contribution in [0.1, 0.15) is 23.6 Å². The van der Waals surface area contributed by atoms with Crippen molar-refractivity contribution in [1.82, 2.24) is 0 Å². The van der Waals surface area contributed by atoms with E-state index in [9.17, 15) is 4.39 Å². The lowest BCUT2D eigenvalue weighted by molar-refractivity contribution is 0.627. The van der Waals surface area contributed by atoms with Crippen molar-refractivity contribution >= 4 is 0 Å². The maximum atomic E-state index is 14.0. The van der Waals surface area contributed by atoms with Gasteiger partial charge in [-0.25, -0.2) is 4.39 Å². The third-order valence-corrected chi connectivity index (χ3v) is 3.78. The summed E-state index contributed by atoms with van der Waals surface area (Å²) < 4.78 is 14.0. The number of aryl methyl sites for hydroxylation is 1. The van der Waals surface area contributed by atoms with Crippen molar-refractivity contribution in [3.63, 3.8) is 0 Å². The van der Waals surface area contributed by atoms with Crippen molar-refractivity contribution < 1.29 is 4.39 Å². The Bertz CT molecular complexity index is 599. The maximum absolute atomic E-state index is 14.0. The average Bonchev–Trinajstić information content (AvgIpc) is 2.68. The van der Waals surface area contributed by atoms with Crippen LogP contribution < -0.4 is 0 Å². The van der Waals surface area contributed by atoms with Crippen molar-refractivity contribution in [2.75, 3.05) is 0 Å². The molecule has 0 spiro atoms. The van der Waals surface area contributed by atoms with Crippen LogP contribution in [0.3, 0.4) is 0 Å². The maximum Gasteiger partial charge on any atom is 0.131 e. The zero-order valence-corrected chi connectivity index (χ0v) is 10.8. The summed E-state index contributed by atoms with van der Waals surface area (Å²) >= 11 is 0. The van der Waals surface area contributed by atoms with Crippen LogP contribution in [0.15, 0.2) is 36.4 Å². The highest BCUT2D eigenvalue weighted by Gasteiger charge is 2.18. The van der Waals surface area contributed by atoms with E-state index in [1.807, 2.05) is 25.1 Å². The Morgan fingerprint density at radius 1 is 1.00 bits per heavy atom. The largest absolute Gasteiger partial charge is 0.206 e. The fourth-order valence-electron chi connectivity index (χ4n) is 2.86. The van der Waals surface area contributed by atoms with Crippen molar-refractivity contribution in [2.24, 2.45) is 5.92 Å². The molecule has 0 bridgehead atoms. The molecule has 1 unspecified atom stereocenters. The van der Waals surface area contributed by atoms with Gasteiger partial charge >= 0.3 is 0 Å². The molecule has 1 aliphatic rings. The lowest BCUT2D eigenvalue weighted by Gasteiger charge is -2.07. The summed E-state index contributed by atoms with van der Waals surface area (Å²) in [6.45, 7) is 4.18. The van der Waals surface area contributed by atoms with Crippen LogP contribution in [0, 0.1) is 18.7 Å². The molecular weight excluding hydrogens is 223 g/mol. The molecule has 0 saturated heterocycles. The quantitative estimate of drug-likeness (QED) is 0.686. The second-order valence-corrected chi connectivity index (χ2v) is 5.48. The van der Waals surface area contributed by atoms with Crippen LogP contribution in [0.25, 0.3) is 11.1 Å². The summed E-state index contributed by atoms with van der Waals surface area (Å²) in [4.78, 5) is 0. The Hall–Kier alpha value is -1.63. The Labute approximate surface area is 107 Å². The van der Waals surface area contributed by atoms with E-state index in [4.69, 9.17) is 0 Å². The van der Waals surface area contributed by atoms with Crippen molar-refractivity contribution in [3.8, 4) is 11.1 Å². The van der Waals surface area contributed by atoms with Crippen molar-refractivity contribution in [2.45, 2.75) is 26.7 Å². The first-order chi connectivity index (χ1) is 8.63. The highest BCUT2D eigenvalue weighted by Crippen LogP contribution is 2.31. The molecule has 1 aliphatic carbocycles. The second kappa shape index (κ2) is 4.24. The third kappa shape index (κ3) is 1.94. The highest BCUT2D eigenvalue weighted by molar-refractivity contribution is 5.66. The van der Waals surface area contributed by atoms with Gasteiger partial charge in [0.2, 0.25) is 0 Å². The Kier molecular flexibility index (Phi) is 2.70. The predicted octanol–water partition coefficient (Wildman–Crippen LogP) is 4.54. The molecule has 0 fully saturated rings. The summed E-state index contributed by atoms with van der Waals surface area (Å²) in [5, 5.41) is 0. The van der Waals surface area contributed by atoms with E-state index in [2.05, 4.69) is 19.1 Å². The summed E-state index contributed by atoms with van der Waals surface area (Å²) in [6.07, 6.45) is 2.28. The number of halogens is 1. The van der Waals surface area contributed by atoms with Gasteiger partial charge in [0, 0.05) is 5.56 Å². The standard InChI is InChI=1S/C17H17F/c1-11-3-6-16(17(18)9-11)14-5-4-13-7-12(2)8-15(13)10-14/h3-6,9-10,12H,7-8H2,1-2H3. The van der Waals surface area contributed by atoms with Gasteiger partial charge in [-0.05, 0) is 54.0 Å². The normalized spacial score (nSPS) is 17.8. The smallest absolute Gasteiger partial charge is 0.131 e. The van der Waals surface area contributed by atoms with Crippen LogP contribution in [0.5, 0.6) is 0 Å². The molecule has 0 amide bonds. The van der Waals surface area contributed by atoms with E-state index in [-0.39, 0.29) is 5.82 Å². The van der Waals surface area contributed by atoms with E-state index in [0.717, 1.165) is 29.9 Å². The Morgan fingerprint density at radius 3 is 2.56 bits per heavy atom. The number of fused-ring (bicyclic) bond motifs is 1. The average molecular weight is 240 g/mol. The molecule has 2 aromatic carbocycles. The second-order valence-electron chi connectivity index (χ2n) is 5.48. The van der Waals surface area contributed by atoms with E-state index in [1.165, 1.54) is 11.1 Å². The minimum Gasteiger partial charge on any atom is -0.206 e. The number of hydrogen-bond donors (Lipinski definition) is 0. The lowest BCUT2D eigenvalue weighted by atomic mass is 9.99. The number of hydrogen-bond acceptors (Lipinski definition) is 0. The lowest BCUT2D eigenvalue weighted by Crippen LogP contribution is -1.89. The van der Waals surface area contributed by atoms with Gasteiger partial charge in [-0.15, -0.1) is 0 Å². The molecule has 92 valence electrons. The summed E-state index contributed by atoms with van der Waals surface area (Å²) in [7, 11) is 0. The van der Waals surface area contributed by atoms with Crippen molar-refractivity contribution in [1.29, 1.82) is 0 Å². The number of benzene rings is 2. The molecule has 1 atom stereocenters. The van der Waals surface area contributed by atoms with Crippen molar-refractivity contribution in [3.05, 3.63) is 58.9 Å². The Morgan fingerprint density at radius 2 is 1.78 bits per heavy atom. The molecule has 0 N–H and O–H groups in total. The van der Waals surface area contributed by atoms with Gasteiger partial charge in [0.25, 0.3) is 0 Å². The first-order valence-corrected chi connectivity index (χ1v) is 6.52. The van der Waals surface area contributed by atoms with E-state index >= 15 is 0 Å². The molecule has 1 heteroatoms. The predicted molar refractivity (Wildman–Crippen MR) is 73.1 cm³/mol. The minimum absolute atomic E-state index is 0.124. The van der Waals surface area contributed by atoms with Gasteiger partial charge < -0.3 is 0 Å². The van der Waals surface area contributed by atoms with Crippen LogP contribution in [0.4, 0.5) is 4.39 Å². The van der Waals surface area contributed by atoms with Crippen LogP contribution >= 0.6 is 0 Å². The summed E-state index contributed by atoms with van der Waals surface area (Å²) in [5.74, 6) is 0.596. The van der Waals surface area contributed by atoms with E-state index < -0.39 is 0 Å². The fraction of sp³-hybridized carbons (Fsp3) is 0.294. The molecule has 0 nitrogen and oxygen atoms in total. The number of rotatable bonds is 1. The highest BCUT2D eigenvalue weighted by atomic mass is 19.1. The molecule has 0 saturated carbocycles. The molecule has 0 radical (unpaired) electrons. The molecular formula is C17H17F. The van der Waals surface area contributed by atoms with Gasteiger partial charge in [-0.2, -0.15) is 0 Å². The van der Waals surface area contributed by atoms with Gasteiger partial charge in [-0.1, -0.05) is 37.3 Å². The van der Waals surface area contributed by atoms with E-state index in [0.29, 0.717) is 5.56 Å². The SMILES string of the molecule is Cc1ccc(-c2ccc3c(c2)CC(C)C3)c(F)c1. The van der Waals surface area contributed by atoms with Crippen LogP contribution in [-0.2, 0) is 12.8 Å². The molecule has 18 heavy (non-hydrogen) atoms. The zero-order chi connectivity index (χ0) is 12.7. The first kappa shape index (κ1) is 11.5. The summed E-state index contributed by atoms with van der Waals surface area (Å²) in [6, 6.07) is 11.8.